The molecule has 2 aromatic carbocycles. The van der Waals surface area contributed by atoms with Gasteiger partial charge in [-0.3, -0.25) is 9.10 Å². The van der Waals surface area contributed by atoms with Crippen LogP contribution in [0.1, 0.15) is 42.5 Å². The zero-order valence-electron chi connectivity index (χ0n) is 16.8. The van der Waals surface area contributed by atoms with Crippen molar-refractivity contribution in [2.75, 3.05) is 39.9 Å². The standard InChI is InChI=1S/C22H26ClN3O3S/c23-20-11-6-17(16-21(20)26-14-4-5-15-30(26,28)29)22(27)24-18-7-9-19(10-8-18)25-12-2-1-3-13-25/h6-11,16H,1-5,12-15H2,(H,24,27). The Hall–Kier alpha value is -2.25. The molecule has 0 radical (unpaired) electrons. The summed E-state index contributed by atoms with van der Waals surface area (Å²) in [5.74, 6) is -0.198. The van der Waals surface area contributed by atoms with E-state index < -0.39 is 10.0 Å². The van der Waals surface area contributed by atoms with Crippen LogP contribution in [0.5, 0.6) is 0 Å². The Labute approximate surface area is 182 Å². The van der Waals surface area contributed by atoms with Gasteiger partial charge >= 0.3 is 0 Å². The molecule has 2 aliphatic heterocycles. The van der Waals surface area contributed by atoms with E-state index in [1.807, 2.05) is 24.3 Å². The van der Waals surface area contributed by atoms with E-state index in [0.29, 0.717) is 34.9 Å². The van der Waals surface area contributed by atoms with Gasteiger partial charge in [-0.15, -0.1) is 0 Å². The third-order valence-corrected chi connectivity index (χ3v) is 7.85. The fourth-order valence-corrected chi connectivity index (χ4v) is 5.93. The van der Waals surface area contributed by atoms with Gasteiger partial charge in [0.1, 0.15) is 0 Å². The smallest absolute Gasteiger partial charge is 0.255 e. The largest absolute Gasteiger partial charge is 0.372 e. The van der Waals surface area contributed by atoms with Gasteiger partial charge in [0.25, 0.3) is 5.91 Å². The summed E-state index contributed by atoms with van der Waals surface area (Å²) in [6.07, 6.45) is 5.13. The number of carbonyl (C=O) groups excluding carboxylic acids is 1. The van der Waals surface area contributed by atoms with E-state index in [2.05, 4.69) is 10.2 Å². The number of piperidine rings is 1. The van der Waals surface area contributed by atoms with Crippen LogP contribution in [0.25, 0.3) is 0 Å². The lowest BCUT2D eigenvalue weighted by atomic mass is 10.1. The molecule has 0 atom stereocenters. The van der Waals surface area contributed by atoms with Crippen LogP contribution in [0, 0.1) is 0 Å². The highest BCUT2D eigenvalue weighted by Crippen LogP contribution is 2.32. The van der Waals surface area contributed by atoms with Gasteiger partial charge in [0.2, 0.25) is 10.0 Å². The monoisotopic (exact) mass is 447 g/mol. The number of nitrogens with one attached hydrogen (secondary N) is 1. The van der Waals surface area contributed by atoms with Crippen molar-refractivity contribution in [2.24, 2.45) is 0 Å². The molecule has 2 heterocycles. The highest BCUT2D eigenvalue weighted by molar-refractivity contribution is 7.92. The van der Waals surface area contributed by atoms with Crippen LogP contribution in [0.2, 0.25) is 5.02 Å². The average Bonchev–Trinajstić information content (AvgIpc) is 2.75. The number of rotatable bonds is 4. The first-order valence-electron chi connectivity index (χ1n) is 10.4. The first-order chi connectivity index (χ1) is 14.4. The maximum Gasteiger partial charge on any atom is 0.255 e. The van der Waals surface area contributed by atoms with Crippen molar-refractivity contribution in [1.29, 1.82) is 0 Å². The van der Waals surface area contributed by atoms with Gasteiger partial charge in [-0.25, -0.2) is 8.42 Å². The molecule has 2 saturated heterocycles. The molecule has 1 amide bonds. The van der Waals surface area contributed by atoms with Crippen molar-refractivity contribution >= 4 is 44.6 Å². The van der Waals surface area contributed by atoms with Crippen molar-refractivity contribution in [3.63, 3.8) is 0 Å². The van der Waals surface area contributed by atoms with Crippen LogP contribution < -0.4 is 14.5 Å². The molecule has 30 heavy (non-hydrogen) atoms. The second-order valence-electron chi connectivity index (χ2n) is 7.81. The van der Waals surface area contributed by atoms with Crippen molar-refractivity contribution in [3.05, 3.63) is 53.1 Å². The van der Waals surface area contributed by atoms with E-state index in [4.69, 9.17) is 11.6 Å². The van der Waals surface area contributed by atoms with E-state index in [9.17, 15) is 13.2 Å². The summed E-state index contributed by atoms with van der Waals surface area (Å²) < 4.78 is 26.2. The summed E-state index contributed by atoms with van der Waals surface area (Å²) in [5.41, 5.74) is 2.60. The predicted molar refractivity (Wildman–Crippen MR) is 122 cm³/mol. The van der Waals surface area contributed by atoms with Crippen LogP contribution >= 0.6 is 11.6 Å². The lowest BCUT2D eigenvalue weighted by Gasteiger charge is -2.29. The Morgan fingerprint density at radius 1 is 0.900 bits per heavy atom. The maximum atomic E-state index is 12.8. The summed E-state index contributed by atoms with van der Waals surface area (Å²) in [6.45, 7) is 2.52. The summed E-state index contributed by atoms with van der Waals surface area (Å²) in [7, 11) is -3.40. The SMILES string of the molecule is O=C(Nc1ccc(N2CCCCC2)cc1)c1ccc(Cl)c(N2CCCCS2(=O)=O)c1. The molecule has 0 aliphatic carbocycles. The molecule has 8 heteroatoms. The van der Waals surface area contributed by atoms with E-state index in [0.717, 1.165) is 25.2 Å². The normalized spacial score (nSPS) is 18.8. The predicted octanol–water partition coefficient (Wildman–Crippen LogP) is 4.51. The van der Waals surface area contributed by atoms with Crippen molar-refractivity contribution in [1.82, 2.24) is 0 Å². The van der Waals surface area contributed by atoms with Gasteiger partial charge in [0, 0.05) is 36.6 Å². The fraction of sp³-hybridized carbons (Fsp3) is 0.409. The fourth-order valence-electron chi connectivity index (χ4n) is 4.02. The molecule has 0 unspecified atom stereocenters. The number of sulfonamides is 1. The van der Waals surface area contributed by atoms with Gasteiger partial charge < -0.3 is 10.2 Å². The molecule has 2 fully saturated rings. The molecular weight excluding hydrogens is 422 g/mol. The topological polar surface area (TPSA) is 69.7 Å². The molecular formula is C22H26ClN3O3S. The summed E-state index contributed by atoms with van der Waals surface area (Å²) in [5, 5.41) is 3.21. The number of carbonyl (C=O) groups is 1. The number of hydrogen-bond acceptors (Lipinski definition) is 4. The van der Waals surface area contributed by atoms with Gasteiger partial charge in [0.15, 0.2) is 0 Å². The summed E-state index contributed by atoms with van der Waals surface area (Å²) >= 11 is 6.27. The molecule has 0 saturated carbocycles. The van der Waals surface area contributed by atoms with Crippen LogP contribution in [0.3, 0.4) is 0 Å². The van der Waals surface area contributed by atoms with Gasteiger partial charge in [-0.2, -0.15) is 0 Å². The Bertz CT molecular complexity index is 1020. The van der Waals surface area contributed by atoms with Crippen molar-refractivity contribution in [3.8, 4) is 0 Å². The minimum atomic E-state index is -3.40. The molecule has 6 nitrogen and oxygen atoms in total. The Balaban J connectivity index is 1.49. The van der Waals surface area contributed by atoms with Crippen LogP contribution in [-0.2, 0) is 10.0 Å². The second kappa shape index (κ2) is 8.86. The minimum absolute atomic E-state index is 0.100. The number of halogens is 1. The third-order valence-electron chi connectivity index (χ3n) is 5.67. The molecule has 2 aliphatic rings. The zero-order chi connectivity index (χ0) is 21.1. The molecule has 4 rings (SSSR count). The highest BCUT2D eigenvalue weighted by Gasteiger charge is 2.28. The Morgan fingerprint density at radius 2 is 1.60 bits per heavy atom. The lowest BCUT2D eigenvalue weighted by molar-refractivity contribution is 0.102. The molecule has 0 spiro atoms. The van der Waals surface area contributed by atoms with E-state index in [-0.39, 0.29) is 11.7 Å². The molecule has 0 aromatic heterocycles. The van der Waals surface area contributed by atoms with Crippen molar-refractivity contribution in [2.45, 2.75) is 32.1 Å². The van der Waals surface area contributed by atoms with Gasteiger partial charge in [-0.05, 0) is 74.6 Å². The number of benzene rings is 2. The number of hydrogen-bond donors (Lipinski definition) is 1. The molecule has 2 aromatic rings. The molecule has 0 bridgehead atoms. The first-order valence-corrected chi connectivity index (χ1v) is 12.4. The van der Waals surface area contributed by atoms with Crippen LogP contribution in [-0.4, -0.2) is 39.7 Å². The highest BCUT2D eigenvalue weighted by atomic mass is 35.5. The zero-order valence-corrected chi connectivity index (χ0v) is 18.4. The summed E-state index contributed by atoms with van der Waals surface area (Å²) in [6, 6.07) is 12.6. The quantitative estimate of drug-likeness (QED) is 0.748. The van der Waals surface area contributed by atoms with Crippen molar-refractivity contribution < 1.29 is 13.2 Å². The average molecular weight is 448 g/mol. The van der Waals surface area contributed by atoms with Gasteiger partial charge in [-0.1, -0.05) is 11.6 Å². The number of anilines is 3. The third kappa shape index (κ3) is 4.57. The lowest BCUT2D eigenvalue weighted by Crippen LogP contribution is -2.38. The molecule has 1 N–H and O–H groups in total. The Kier molecular flexibility index (Phi) is 6.20. The first kappa shape index (κ1) is 21.0. The van der Waals surface area contributed by atoms with E-state index >= 15 is 0 Å². The van der Waals surface area contributed by atoms with E-state index in [1.165, 1.54) is 23.6 Å². The van der Waals surface area contributed by atoms with Crippen LogP contribution in [0.15, 0.2) is 42.5 Å². The maximum absolute atomic E-state index is 12.8. The number of amides is 1. The number of nitrogens with zero attached hydrogens (tertiary/aromatic N) is 2. The van der Waals surface area contributed by atoms with E-state index in [1.54, 1.807) is 18.2 Å². The second-order valence-corrected chi connectivity index (χ2v) is 10.2. The Morgan fingerprint density at radius 3 is 2.30 bits per heavy atom. The molecule has 160 valence electrons. The summed E-state index contributed by atoms with van der Waals surface area (Å²) in [4.78, 5) is 15.1. The van der Waals surface area contributed by atoms with Gasteiger partial charge in [0.05, 0.1) is 16.5 Å². The minimum Gasteiger partial charge on any atom is -0.372 e. The van der Waals surface area contributed by atoms with Crippen LogP contribution in [0.4, 0.5) is 17.1 Å².